The van der Waals surface area contributed by atoms with Crippen LogP contribution in [0.25, 0.3) is 0 Å². The smallest absolute Gasteiger partial charge is 0.339 e. The second-order valence-electron chi connectivity index (χ2n) is 5.69. The fourth-order valence-corrected chi connectivity index (χ4v) is 2.52. The quantitative estimate of drug-likeness (QED) is 0.748. The van der Waals surface area contributed by atoms with Crippen molar-refractivity contribution in [2.45, 2.75) is 20.0 Å². The Morgan fingerprint density at radius 3 is 2.44 bits per heavy atom. The van der Waals surface area contributed by atoms with Gasteiger partial charge in [0.15, 0.2) is 17.6 Å². The Hall–Kier alpha value is -2.80. The molecule has 1 N–H and O–H groups in total. The number of benzene rings is 2. The first kappa shape index (κ1) is 20.5. The molecule has 0 bridgehead atoms. The van der Waals surface area contributed by atoms with Gasteiger partial charge in [-0.15, -0.1) is 0 Å². The van der Waals surface area contributed by atoms with Crippen LogP contribution in [0.4, 0.5) is 10.1 Å². The molecule has 2 rings (SSSR count). The minimum absolute atomic E-state index is 0.0960. The summed E-state index contributed by atoms with van der Waals surface area (Å²) >= 11 is 6.06. The van der Waals surface area contributed by atoms with Crippen LogP contribution in [0.3, 0.4) is 0 Å². The van der Waals surface area contributed by atoms with Crippen LogP contribution in [0, 0.1) is 12.7 Å². The Kier molecular flexibility index (Phi) is 6.63. The van der Waals surface area contributed by atoms with Gasteiger partial charge in [0.1, 0.15) is 5.82 Å². The highest BCUT2D eigenvalue weighted by atomic mass is 35.5. The van der Waals surface area contributed by atoms with Crippen molar-refractivity contribution in [2.24, 2.45) is 0 Å². The number of carbonyl (C=O) groups excluding carboxylic acids is 2. The molecule has 6 nitrogen and oxygen atoms in total. The number of nitrogens with one attached hydrogen (secondary N) is 1. The topological polar surface area (TPSA) is 73.9 Å². The minimum Gasteiger partial charge on any atom is -0.493 e. The number of esters is 1. The summed E-state index contributed by atoms with van der Waals surface area (Å²) in [7, 11) is 2.82. The maximum Gasteiger partial charge on any atom is 0.339 e. The Morgan fingerprint density at radius 2 is 1.85 bits per heavy atom. The molecule has 8 heteroatoms. The van der Waals surface area contributed by atoms with E-state index in [-0.39, 0.29) is 27.8 Å². The predicted molar refractivity (Wildman–Crippen MR) is 99.2 cm³/mol. The van der Waals surface area contributed by atoms with Crippen LogP contribution in [-0.4, -0.2) is 32.2 Å². The predicted octanol–water partition coefficient (Wildman–Crippen LogP) is 3.99. The number of halogens is 2. The maximum atomic E-state index is 13.6. The average molecular weight is 396 g/mol. The van der Waals surface area contributed by atoms with Gasteiger partial charge in [0, 0.05) is 5.69 Å². The number of aryl methyl sites for hydroxylation is 1. The Labute approximate surface area is 161 Å². The van der Waals surface area contributed by atoms with E-state index in [2.05, 4.69) is 5.32 Å². The summed E-state index contributed by atoms with van der Waals surface area (Å²) in [5.74, 6) is -1.28. The van der Waals surface area contributed by atoms with Crippen LogP contribution in [0.15, 0.2) is 30.3 Å². The second kappa shape index (κ2) is 8.73. The third kappa shape index (κ3) is 4.89. The summed E-state index contributed by atoms with van der Waals surface area (Å²) in [6, 6.07) is 7.03. The third-order valence-electron chi connectivity index (χ3n) is 3.76. The van der Waals surface area contributed by atoms with Crippen molar-refractivity contribution in [3.8, 4) is 11.5 Å². The van der Waals surface area contributed by atoms with Crippen LogP contribution < -0.4 is 14.8 Å². The van der Waals surface area contributed by atoms with Gasteiger partial charge >= 0.3 is 5.97 Å². The number of methoxy groups -OCH3 is 2. The van der Waals surface area contributed by atoms with E-state index in [9.17, 15) is 14.0 Å². The monoisotopic (exact) mass is 395 g/mol. The van der Waals surface area contributed by atoms with E-state index in [1.54, 1.807) is 13.0 Å². The highest BCUT2D eigenvalue weighted by molar-refractivity contribution is 6.32. The van der Waals surface area contributed by atoms with Crippen molar-refractivity contribution in [3.63, 3.8) is 0 Å². The van der Waals surface area contributed by atoms with Gasteiger partial charge in [-0.05, 0) is 43.7 Å². The number of hydrogen-bond donors (Lipinski definition) is 1. The lowest BCUT2D eigenvalue weighted by atomic mass is 10.2. The van der Waals surface area contributed by atoms with Gasteiger partial charge in [-0.25, -0.2) is 9.18 Å². The Morgan fingerprint density at radius 1 is 1.15 bits per heavy atom. The highest BCUT2D eigenvalue weighted by Crippen LogP contribution is 2.36. The van der Waals surface area contributed by atoms with Crippen molar-refractivity contribution < 1.29 is 28.2 Å². The zero-order chi connectivity index (χ0) is 20.1. The molecule has 0 radical (unpaired) electrons. The molecule has 0 heterocycles. The molecule has 0 saturated heterocycles. The van der Waals surface area contributed by atoms with Crippen LogP contribution in [0.2, 0.25) is 5.02 Å². The molecule has 0 fully saturated rings. The first-order valence-corrected chi connectivity index (χ1v) is 8.34. The third-order valence-corrected chi connectivity index (χ3v) is 4.04. The van der Waals surface area contributed by atoms with Gasteiger partial charge in [0.05, 0.1) is 24.8 Å². The molecular formula is C19H19ClFNO5. The molecule has 2 aromatic rings. The summed E-state index contributed by atoms with van der Waals surface area (Å²) in [5, 5.41) is 2.65. The summed E-state index contributed by atoms with van der Waals surface area (Å²) in [5.41, 5.74) is 0.816. The number of anilines is 1. The summed E-state index contributed by atoms with van der Waals surface area (Å²) in [4.78, 5) is 24.5. The van der Waals surface area contributed by atoms with E-state index in [0.717, 1.165) is 0 Å². The molecule has 144 valence electrons. The fraction of sp³-hybridized carbons (Fsp3) is 0.263. The molecule has 0 aliphatic carbocycles. The number of hydrogen-bond acceptors (Lipinski definition) is 5. The van der Waals surface area contributed by atoms with E-state index >= 15 is 0 Å². The van der Waals surface area contributed by atoms with Crippen LogP contribution in [-0.2, 0) is 9.53 Å². The SMILES string of the molecule is COc1cc(C(=O)O[C@H](C)C(=O)Nc2ccc(C)c(F)c2)cc(Cl)c1OC. The standard InChI is InChI=1S/C19H19ClFNO5/c1-10-5-6-13(9-15(10)21)22-18(23)11(2)27-19(24)12-7-14(20)17(26-4)16(8-12)25-3/h5-9,11H,1-4H3,(H,22,23)/t11-/m1/s1. The zero-order valence-electron chi connectivity index (χ0n) is 15.3. The van der Waals surface area contributed by atoms with Gasteiger partial charge in [0.2, 0.25) is 0 Å². The lowest BCUT2D eigenvalue weighted by Crippen LogP contribution is -2.30. The number of carbonyl (C=O) groups is 2. The molecule has 0 unspecified atom stereocenters. The first-order chi connectivity index (χ1) is 12.8. The maximum absolute atomic E-state index is 13.6. The molecule has 0 aromatic heterocycles. The number of rotatable bonds is 6. The van der Waals surface area contributed by atoms with Gasteiger partial charge in [-0.2, -0.15) is 0 Å². The van der Waals surface area contributed by atoms with Crippen LogP contribution >= 0.6 is 11.6 Å². The van der Waals surface area contributed by atoms with E-state index < -0.39 is 23.8 Å². The van der Waals surface area contributed by atoms with E-state index in [0.29, 0.717) is 5.56 Å². The second-order valence-corrected chi connectivity index (χ2v) is 6.10. The van der Waals surface area contributed by atoms with Gasteiger partial charge < -0.3 is 19.5 Å². The van der Waals surface area contributed by atoms with Crippen molar-refractivity contribution in [2.75, 3.05) is 19.5 Å². The lowest BCUT2D eigenvalue weighted by molar-refractivity contribution is -0.123. The Balaban J connectivity index is 2.09. The highest BCUT2D eigenvalue weighted by Gasteiger charge is 2.22. The molecule has 0 aliphatic rings. The van der Waals surface area contributed by atoms with Crippen LogP contribution in [0.1, 0.15) is 22.8 Å². The zero-order valence-corrected chi connectivity index (χ0v) is 16.0. The van der Waals surface area contributed by atoms with Crippen molar-refractivity contribution in [1.82, 2.24) is 0 Å². The number of amides is 1. The molecular weight excluding hydrogens is 377 g/mol. The van der Waals surface area contributed by atoms with Crippen LogP contribution in [0.5, 0.6) is 11.5 Å². The van der Waals surface area contributed by atoms with E-state index in [4.69, 9.17) is 25.8 Å². The van der Waals surface area contributed by atoms with Gasteiger partial charge in [0.25, 0.3) is 5.91 Å². The van der Waals surface area contributed by atoms with E-state index in [1.807, 2.05) is 0 Å². The largest absolute Gasteiger partial charge is 0.493 e. The molecule has 1 atom stereocenters. The lowest BCUT2D eigenvalue weighted by Gasteiger charge is -2.15. The van der Waals surface area contributed by atoms with E-state index in [1.165, 1.54) is 45.4 Å². The molecule has 0 saturated carbocycles. The summed E-state index contributed by atoms with van der Waals surface area (Å²) in [6.07, 6.45) is -1.12. The molecule has 2 aromatic carbocycles. The Bertz CT molecular complexity index is 871. The van der Waals surface area contributed by atoms with Gasteiger partial charge in [-0.1, -0.05) is 17.7 Å². The number of ether oxygens (including phenoxy) is 3. The average Bonchev–Trinajstić information content (AvgIpc) is 2.63. The molecule has 0 aliphatic heterocycles. The normalized spacial score (nSPS) is 11.5. The van der Waals surface area contributed by atoms with Gasteiger partial charge in [-0.3, -0.25) is 4.79 Å². The van der Waals surface area contributed by atoms with Crippen molar-refractivity contribution >= 4 is 29.2 Å². The minimum atomic E-state index is -1.12. The molecule has 0 spiro atoms. The fourth-order valence-electron chi connectivity index (χ4n) is 2.23. The summed E-state index contributed by atoms with van der Waals surface area (Å²) < 4.78 is 28.9. The van der Waals surface area contributed by atoms with Crippen molar-refractivity contribution in [3.05, 3.63) is 52.3 Å². The van der Waals surface area contributed by atoms with Crippen molar-refractivity contribution in [1.29, 1.82) is 0 Å². The molecule has 1 amide bonds. The summed E-state index contributed by atoms with van der Waals surface area (Å²) in [6.45, 7) is 3.01. The first-order valence-electron chi connectivity index (χ1n) is 7.96. The molecule has 27 heavy (non-hydrogen) atoms.